The number of nitrogen functional groups attached to an aromatic ring is 1. The molecule has 0 radical (unpaired) electrons. The Morgan fingerprint density at radius 1 is 1.35 bits per heavy atom. The van der Waals surface area contributed by atoms with Crippen LogP contribution in [-0.4, -0.2) is 27.3 Å². The maximum absolute atomic E-state index is 5.87. The molecule has 0 atom stereocenters. The molecule has 4 heteroatoms. The molecule has 1 saturated carbocycles. The summed E-state index contributed by atoms with van der Waals surface area (Å²) in [5.74, 6) is 0. The number of benzene rings is 1. The summed E-state index contributed by atoms with van der Waals surface area (Å²) >= 11 is 0. The number of aromatic nitrogens is 2. The van der Waals surface area contributed by atoms with E-state index >= 15 is 0 Å². The van der Waals surface area contributed by atoms with E-state index in [1.807, 2.05) is 30.1 Å². The fourth-order valence-corrected chi connectivity index (χ4v) is 2.66. The van der Waals surface area contributed by atoms with E-state index in [1.165, 1.54) is 24.1 Å². The van der Waals surface area contributed by atoms with Crippen LogP contribution >= 0.6 is 0 Å². The lowest BCUT2D eigenvalue weighted by atomic mass is 10.1. The van der Waals surface area contributed by atoms with E-state index in [9.17, 15) is 0 Å². The van der Waals surface area contributed by atoms with E-state index in [0.717, 1.165) is 31.2 Å². The summed E-state index contributed by atoms with van der Waals surface area (Å²) in [4.78, 5) is 2.57. The van der Waals surface area contributed by atoms with Crippen LogP contribution in [0, 0.1) is 0 Å². The molecule has 20 heavy (non-hydrogen) atoms. The van der Waals surface area contributed by atoms with Crippen LogP contribution < -0.4 is 5.73 Å². The zero-order valence-corrected chi connectivity index (χ0v) is 12.0. The smallest absolute Gasteiger partial charge is 0.0492 e. The van der Waals surface area contributed by atoms with Crippen LogP contribution in [0.4, 0.5) is 5.69 Å². The van der Waals surface area contributed by atoms with Crippen LogP contribution in [0.3, 0.4) is 0 Å². The third kappa shape index (κ3) is 3.20. The molecule has 4 nitrogen and oxygen atoms in total. The van der Waals surface area contributed by atoms with Crippen molar-refractivity contribution in [1.82, 2.24) is 14.7 Å². The van der Waals surface area contributed by atoms with Gasteiger partial charge in [-0.15, -0.1) is 0 Å². The van der Waals surface area contributed by atoms with Gasteiger partial charge in [-0.2, -0.15) is 5.10 Å². The van der Waals surface area contributed by atoms with E-state index in [-0.39, 0.29) is 0 Å². The number of hydrogen-bond acceptors (Lipinski definition) is 3. The van der Waals surface area contributed by atoms with Gasteiger partial charge in [-0.25, -0.2) is 0 Å². The van der Waals surface area contributed by atoms with Gasteiger partial charge < -0.3 is 5.73 Å². The highest BCUT2D eigenvalue weighted by Gasteiger charge is 2.28. The third-order valence-corrected chi connectivity index (χ3v) is 3.98. The molecule has 0 spiro atoms. The summed E-state index contributed by atoms with van der Waals surface area (Å²) in [5.41, 5.74) is 9.32. The van der Waals surface area contributed by atoms with E-state index < -0.39 is 0 Å². The Kier molecular flexibility index (Phi) is 3.74. The molecule has 106 valence electrons. The highest BCUT2D eigenvalue weighted by molar-refractivity contribution is 5.40. The monoisotopic (exact) mass is 270 g/mol. The molecular weight excluding hydrogens is 248 g/mol. The predicted octanol–water partition coefficient (Wildman–Crippen LogP) is 2.21. The van der Waals surface area contributed by atoms with Crippen molar-refractivity contribution in [1.29, 1.82) is 0 Å². The lowest BCUT2D eigenvalue weighted by Gasteiger charge is -2.22. The fraction of sp³-hybridized carbons (Fsp3) is 0.438. The van der Waals surface area contributed by atoms with Crippen LogP contribution in [0.1, 0.15) is 24.1 Å². The predicted molar refractivity (Wildman–Crippen MR) is 81.2 cm³/mol. The van der Waals surface area contributed by atoms with Gasteiger partial charge in [0, 0.05) is 50.2 Å². The number of aryl methyl sites for hydroxylation is 1. The minimum absolute atomic E-state index is 0.754. The molecule has 0 bridgehead atoms. The van der Waals surface area contributed by atoms with Crippen molar-refractivity contribution in [3.63, 3.8) is 0 Å². The quantitative estimate of drug-likeness (QED) is 0.819. The summed E-state index contributed by atoms with van der Waals surface area (Å²) < 4.78 is 1.96. The Morgan fingerprint density at radius 3 is 2.85 bits per heavy atom. The molecule has 0 aliphatic heterocycles. The number of rotatable bonds is 6. The Hall–Kier alpha value is -1.81. The second-order valence-corrected chi connectivity index (χ2v) is 5.64. The zero-order valence-electron chi connectivity index (χ0n) is 12.0. The van der Waals surface area contributed by atoms with Crippen molar-refractivity contribution < 1.29 is 0 Å². The first-order chi connectivity index (χ1) is 9.72. The fourth-order valence-electron chi connectivity index (χ4n) is 2.66. The minimum atomic E-state index is 0.754. The van der Waals surface area contributed by atoms with Crippen LogP contribution in [0.5, 0.6) is 0 Å². The van der Waals surface area contributed by atoms with Crippen LogP contribution in [-0.2, 0) is 20.0 Å². The van der Waals surface area contributed by atoms with E-state index in [1.54, 1.807) is 0 Å². The van der Waals surface area contributed by atoms with E-state index in [0.29, 0.717) is 0 Å². The highest BCUT2D eigenvalue weighted by Crippen LogP contribution is 2.28. The summed E-state index contributed by atoms with van der Waals surface area (Å²) in [6.07, 6.45) is 5.57. The highest BCUT2D eigenvalue weighted by atomic mass is 15.3. The van der Waals surface area contributed by atoms with Gasteiger partial charge in [0.1, 0.15) is 0 Å². The first-order valence-electron chi connectivity index (χ1n) is 7.28. The minimum Gasteiger partial charge on any atom is -0.399 e. The molecule has 3 rings (SSSR count). The van der Waals surface area contributed by atoms with Crippen molar-refractivity contribution in [2.45, 2.75) is 31.8 Å². The molecule has 0 amide bonds. The van der Waals surface area contributed by atoms with Crippen molar-refractivity contribution in [2.24, 2.45) is 7.05 Å². The molecule has 2 aromatic rings. The van der Waals surface area contributed by atoms with Gasteiger partial charge in [0.15, 0.2) is 0 Å². The average molecular weight is 270 g/mol. The lowest BCUT2D eigenvalue weighted by Crippen LogP contribution is -2.28. The standard InChI is InChI=1S/C16H22N4/c1-19-15(7-9-18-19)8-10-20(16-5-6-16)12-13-3-2-4-14(17)11-13/h2-4,7,9,11,16H,5-6,8,10,12,17H2,1H3. The second kappa shape index (κ2) is 5.67. The number of anilines is 1. The van der Waals surface area contributed by atoms with Crippen molar-refractivity contribution >= 4 is 5.69 Å². The van der Waals surface area contributed by atoms with Gasteiger partial charge in [0.2, 0.25) is 0 Å². The Labute approximate surface area is 120 Å². The maximum Gasteiger partial charge on any atom is 0.0492 e. The number of nitrogens with zero attached hydrogens (tertiary/aromatic N) is 3. The Morgan fingerprint density at radius 2 is 2.20 bits per heavy atom. The van der Waals surface area contributed by atoms with Crippen LogP contribution in [0.25, 0.3) is 0 Å². The molecule has 1 fully saturated rings. The molecular formula is C16H22N4. The molecule has 1 aliphatic rings. The molecule has 1 aromatic carbocycles. The molecule has 1 aromatic heterocycles. The normalized spacial score (nSPS) is 14.9. The molecule has 1 aliphatic carbocycles. The largest absolute Gasteiger partial charge is 0.399 e. The lowest BCUT2D eigenvalue weighted by molar-refractivity contribution is 0.256. The molecule has 0 saturated heterocycles. The van der Waals surface area contributed by atoms with Gasteiger partial charge in [-0.1, -0.05) is 12.1 Å². The summed E-state index contributed by atoms with van der Waals surface area (Å²) in [7, 11) is 2.01. The van der Waals surface area contributed by atoms with Crippen molar-refractivity contribution in [3.05, 3.63) is 47.8 Å². The first-order valence-corrected chi connectivity index (χ1v) is 7.28. The van der Waals surface area contributed by atoms with E-state index in [4.69, 9.17) is 5.73 Å². The summed E-state index contributed by atoms with van der Waals surface area (Å²) in [6.45, 7) is 2.08. The van der Waals surface area contributed by atoms with Gasteiger partial charge in [0.25, 0.3) is 0 Å². The average Bonchev–Trinajstić information content (AvgIpc) is 3.18. The Bertz CT molecular complexity index is 571. The summed E-state index contributed by atoms with van der Waals surface area (Å²) in [6, 6.07) is 11.1. The van der Waals surface area contributed by atoms with Gasteiger partial charge >= 0.3 is 0 Å². The van der Waals surface area contributed by atoms with Gasteiger partial charge in [0.05, 0.1) is 0 Å². The molecule has 2 N–H and O–H groups in total. The van der Waals surface area contributed by atoms with Crippen molar-refractivity contribution in [3.8, 4) is 0 Å². The summed E-state index contributed by atoms with van der Waals surface area (Å²) in [5, 5.41) is 4.23. The second-order valence-electron chi connectivity index (χ2n) is 5.64. The zero-order chi connectivity index (χ0) is 13.9. The van der Waals surface area contributed by atoms with Crippen LogP contribution in [0.2, 0.25) is 0 Å². The Balaban J connectivity index is 1.63. The molecule has 0 unspecified atom stereocenters. The maximum atomic E-state index is 5.87. The topological polar surface area (TPSA) is 47.1 Å². The molecule has 1 heterocycles. The van der Waals surface area contributed by atoms with Crippen molar-refractivity contribution in [2.75, 3.05) is 12.3 Å². The third-order valence-electron chi connectivity index (χ3n) is 3.98. The number of nitrogens with two attached hydrogens (primary N) is 1. The number of hydrogen-bond donors (Lipinski definition) is 1. The first kappa shape index (κ1) is 13.2. The van der Waals surface area contributed by atoms with Gasteiger partial charge in [-0.05, 0) is 36.6 Å². The SMILES string of the molecule is Cn1nccc1CCN(Cc1cccc(N)c1)C1CC1. The van der Waals surface area contributed by atoms with E-state index in [2.05, 4.69) is 28.2 Å². The van der Waals surface area contributed by atoms with Gasteiger partial charge in [-0.3, -0.25) is 9.58 Å². The van der Waals surface area contributed by atoms with Crippen LogP contribution in [0.15, 0.2) is 36.5 Å².